The average Bonchev–Trinajstić information content (AvgIpc) is 2.39. The lowest BCUT2D eigenvalue weighted by Gasteiger charge is -2.15. The molecule has 0 aliphatic heterocycles. The molecule has 0 radical (unpaired) electrons. The van der Waals surface area contributed by atoms with Crippen LogP contribution in [0.1, 0.15) is 12.5 Å². The van der Waals surface area contributed by atoms with Crippen molar-refractivity contribution < 1.29 is 17.9 Å². The van der Waals surface area contributed by atoms with Gasteiger partial charge in [0.25, 0.3) is 0 Å². The van der Waals surface area contributed by atoms with Gasteiger partial charge in [0, 0.05) is 25.9 Å². The Kier molecular flexibility index (Phi) is 5.79. The van der Waals surface area contributed by atoms with E-state index in [1.807, 2.05) is 6.92 Å². The molecule has 0 heterocycles. The zero-order valence-corrected chi connectivity index (χ0v) is 13.1. The molecule has 0 aliphatic rings. The molecule has 3 N–H and O–H groups in total. The molecular formula is C13H22N2O4S. The third-order valence-corrected chi connectivity index (χ3v) is 4.36. The Morgan fingerprint density at radius 2 is 2.00 bits per heavy atom. The monoisotopic (exact) mass is 302 g/mol. The van der Waals surface area contributed by atoms with Gasteiger partial charge in [0.05, 0.1) is 7.11 Å². The molecule has 1 aromatic carbocycles. The van der Waals surface area contributed by atoms with Crippen LogP contribution in [0.2, 0.25) is 0 Å². The highest BCUT2D eigenvalue weighted by atomic mass is 32.2. The van der Waals surface area contributed by atoms with Crippen molar-refractivity contribution in [3.8, 4) is 5.75 Å². The molecule has 6 nitrogen and oxygen atoms in total. The maximum Gasteiger partial charge on any atom is 0.244 e. The van der Waals surface area contributed by atoms with Crippen molar-refractivity contribution in [3.63, 3.8) is 0 Å². The Hall–Kier alpha value is -1.31. The molecule has 0 saturated heterocycles. The minimum atomic E-state index is -3.67. The van der Waals surface area contributed by atoms with Crippen LogP contribution >= 0.6 is 0 Å². The summed E-state index contributed by atoms with van der Waals surface area (Å²) in [5.74, 6) is 0.354. The van der Waals surface area contributed by atoms with Crippen LogP contribution in [0.5, 0.6) is 5.75 Å². The van der Waals surface area contributed by atoms with Crippen LogP contribution < -0.4 is 15.2 Å². The van der Waals surface area contributed by atoms with E-state index in [2.05, 4.69) is 4.72 Å². The van der Waals surface area contributed by atoms with Crippen LogP contribution in [0.15, 0.2) is 17.0 Å². The van der Waals surface area contributed by atoms with Crippen LogP contribution in [0.3, 0.4) is 0 Å². The lowest BCUT2D eigenvalue weighted by molar-refractivity contribution is 0.161. The third kappa shape index (κ3) is 4.09. The quantitative estimate of drug-likeness (QED) is 0.737. The summed E-state index contributed by atoms with van der Waals surface area (Å²) >= 11 is 0. The summed E-state index contributed by atoms with van der Waals surface area (Å²) in [6.07, 6.45) is 0. The van der Waals surface area contributed by atoms with Crippen molar-refractivity contribution in [2.24, 2.45) is 5.92 Å². The number of sulfonamides is 1. The Morgan fingerprint density at radius 3 is 2.55 bits per heavy atom. The zero-order chi connectivity index (χ0) is 15.3. The molecule has 1 unspecified atom stereocenters. The van der Waals surface area contributed by atoms with E-state index in [9.17, 15) is 8.42 Å². The number of benzene rings is 1. The van der Waals surface area contributed by atoms with Gasteiger partial charge in [-0.05, 0) is 30.5 Å². The molecular weight excluding hydrogens is 280 g/mol. The number of nitrogens with two attached hydrogens (primary N) is 1. The first-order valence-electron chi connectivity index (χ1n) is 6.24. The van der Waals surface area contributed by atoms with Crippen molar-refractivity contribution in [1.29, 1.82) is 0 Å². The standard InChI is InChI=1S/C13H22N2O4S/c1-9(8-18-3)7-15-20(16,17)13-6-11(14)10(2)5-12(13)19-4/h5-6,9,15H,7-8,14H2,1-4H3. The number of aryl methyl sites for hydroxylation is 1. The van der Waals surface area contributed by atoms with Gasteiger partial charge < -0.3 is 15.2 Å². The molecule has 20 heavy (non-hydrogen) atoms. The van der Waals surface area contributed by atoms with Crippen molar-refractivity contribution in [1.82, 2.24) is 4.72 Å². The number of hydrogen-bond donors (Lipinski definition) is 2. The second-order valence-electron chi connectivity index (χ2n) is 4.77. The Morgan fingerprint density at radius 1 is 1.35 bits per heavy atom. The molecule has 1 rings (SSSR count). The largest absolute Gasteiger partial charge is 0.495 e. The van der Waals surface area contributed by atoms with Crippen LogP contribution in [0.25, 0.3) is 0 Å². The van der Waals surface area contributed by atoms with Gasteiger partial charge >= 0.3 is 0 Å². The summed E-state index contributed by atoms with van der Waals surface area (Å²) < 4.78 is 37.2. The van der Waals surface area contributed by atoms with E-state index in [0.29, 0.717) is 12.3 Å². The number of ether oxygens (including phenoxy) is 2. The van der Waals surface area contributed by atoms with Gasteiger partial charge in [-0.1, -0.05) is 6.92 Å². The highest BCUT2D eigenvalue weighted by molar-refractivity contribution is 7.89. The van der Waals surface area contributed by atoms with E-state index in [1.54, 1.807) is 20.1 Å². The molecule has 0 saturated carbocycles. The smallest absolute Gasteiger partial charge is 0.244 e. The maximum absolute atomic E-state index is 12.3. The van der Waals surface area contributed by atoms with E-state index in [-0.39, 0.29) is 23.1 Å². The molecule has 1 aromatic rings. The van der Waals surface area contributed by atoms with E-state index < -0.39 is 10.0 Å². The lowest BCUT2D eigenvalue weighted by Crippen LogP contribution is -2.30. The number of nitrogens with one attached hydrogen (secondary N) is 1. The van der Waals surface area contributed by atoms with E-state index in [1.165, 1.54) is 13.2 Å². The Labute approximate surface area is 120 Å². The highest BCUT2D eigenvalue weighted by Gasteiger charge is 2.21. The summed E-state index contributed by atoms with van der Waals surface area (Å²) in [7, 11) is -0.660. The summed E-state index contributed by atoms with van der Waals surface area (Å²) in [4.78, 5) is 0.0488. The van der Waals surface area contributed by atoms with Gasteiger partial charge in [-0.25, -0.2) is 13.1 Å². The van der Waals surface area contributed by atoms with Crippen LogP contribution in [0.4, 0.5) is 5.69 Å². The predicted octanol–water partition coefficient (Wildman–Crippen LogP) is 1.15. The van der Waals surface area contributed by atoms with Gasteiger partial charge in [0.1, 0.15) is 10.6 Å². The van der Waals surface area contributed by atoms with Gasteiger partial charge in [-0.15, -0.1) is 0 Å². The number of hydrogen-bond acceptors (Lipinski definition) is 5. The Bertz CT molecular complexity index is 558. The van der Waals surface area contributed by atoms with Gasteiger partial charge in [0.2, 0.25) is 10.0 Å². The normalized spacial score (nSPS) is 13.2. The van der Waals surface area contributed by atoms with Gasteiger partial charge in [-0.2, -0.15) is 0 Å². The zero-order valence-electron chi connectivity index (χ0n) is 12.3. The number of rotatable bonds is 7. The fraction of sp³-hybridized carbons (Fsp3) is 0.538. The lowest BCUT2D eigenvalue weighted by atomic mass is 10.2. The molecule has 0 amide bonds. The van der Waals surface area contributed by atoms with Gasteiger partial charge in [-0.3, -0.25) is 0 Å². The second kappa shape index (κ2) is 6.92. The summed E-state index contributed by atoms with van der Waals surface area (Å²) in [6, 6.07) is 3.03. The first kappa shape index (κ1) is 16.7. The van der Waals surface area contributed by atoms with Crippen LogP contribution in [-0.4, -0.2) is 35.8 Å². The van der Waals surface area contributed by atoms with Crippen molar-refractivity contribution in [2.45, 2.75) is 18.7 Å². The van der Waals surface area contributed by atoms with Crippen LogP contribution in [-0.2, 0) is 14.8 Å². The molecule has 0 spiro atoms. The maximum atomic E-state index is 12.3. The number of nitrogen functional groups attached to an aromatic ring is 1. The van der Waals surface area contributed by atoms with E-state index in [4.69, 9.17) is 15.2 Å². The second-order valence-corrected chi connectivity index (χ2v) is 6.51. The van der Waals surface area contributed by atoms with E-state index >= 15 is 0 Å². The first-order chi connectivity index (χ1) is 9.31. The molecule has 114 valence electrons. The first-order valence-corrected chi connectivity index (χ1v) is 7.72. The van der Waals surface area contributed by atoms with Crippen molar-refractivity contribution >= 4 is 15.7 Å². The minimum Gasteiger partial charge on any atom is -0.495 e. The molecule has 0 aliphatic carbocycles. The SMILES string of the molecule is COCC(C)CNS(=O)(=O)c1cc(N)c(C)cc1OC. The molecule has 0 aromatic heterocycles. The molecule has 1 atom stereocenters. The Balaban J connectivity index is 3.00. The van der Waals surface area contributed by atoms with Crippen molar-refractivity contribution in [2.75, 3.05) is 33.1 Å². The number of methoxy groups -OCH3 is 2. The summed E-state index contributed by atoms with van der Waals surface area (Å²) in [5.41, 5.74) is 6.96. The van der Waals surface area contributed by atoms with Crippen molar-refractivity contribution in [3.05, 3.63) is 17.7 Å². The molecule has 0 fully saturated rings. The highest BCUT2D eigenvalue weighted by Crippen LogP contribution is 2.28. The average molecular weight is 302 g/mol. The van der Waals surface area contributed by atoms with Gasteiger partial charge in [0.15, 0.2) is 0 Å². The van der Waals surface area contributed by atoms with E-state index in [0.717, 1.165) is 5.56 Å². The predicted molar refractivity (Wildman–Crippen MR) is 78.4 cm³/mol. The molecule has 0 bridgehead atoms. The third-order valence-electron chi connectivity index (χ3n) is 2.91. The topological polar surface area (TPSA) is 90.7 Å². The van der Waals surface area contributed by atoms with Crippen LogP contribution in [0, 0.1) is 12.8 Å². The minimum absolute atomic E-state index is 0.0488. The fourth-order valence-electron chi connectivity index (χ4n) is 1.72. The number of anilines is 1. The summed E-state index contributed by atoms with van der Waals surface area (Å²) in [5, 5.41) is 0. The molecule has 7 heteroatoms. The summed E-state index contributed by atoms with van der Waals surface area (Å²) in [6.45, 7) is 4.46. The fourth-order valence-corrected chi connectivity index (χ4v) is 3.07.